The molecule has 0 saturated carbocycles. The van der Waals surface area contributed by atoms with Crippen molar-refractivity contribution in [3.05, 3.63) is 47.5 Å². The molecule has 1 aromatic heterocycles. The number of imidazole rings is 1. The number of carboxylic acid groups (broad SMARTS) is 1. The zero-order valence-corrected chi connectivity index (χ0v) is 10.6. The Morgan fingerprint density at radius 2 is 2.17 bits per heavy atom. The van der Waals surface area contributed by atoms with Crippen LogP contribution in [0.1, 0.15) is 23.4 Å². The molecule has 4 heteroatoms. The molecule has 0 saturated heterocycles. The Balaban J connectivity index is 2.36. The van der Waals surface area contributed by atoms with Gasteiger partial charge in [0.1, 0.15) is 5.82 Å². The number of hydrogen-bond acceptors (Lipinski definition) is 2. The van der Waals surface area contributed by atoms with Gasteiger partial charge in [0.2, 0.25) is 0 Å². The quantitative estimate of drug-likeness (QED) is 0.899. The van der Waals surface area contributed by atoms with Crippen LogP contribution in [0.3, 0.4) is 0 Å². The average molecular weight is 244 g/mol. The Kier molecular flexibility index (Phi) is 3.46. The van der Waals surface area contributed by atoms with Crippen LogP contribution < -0.4 is 0 Å². The number of aryl methyl sites for hydroxylation is 3. The molecule has 0 spiro atoms. The van der Waals surface area contributed by atoms with E-state index in [4.69, 9.17) is 5.11 Å². The zero-order chi connectivity index (χ0) is 13.1. The molecule has 2 aromatic rings. The fourth-order valence-electron chi connectivity index (χ4n) is 1.94. The fraction of sp³-hybridized carbons (Fsp3) is 0.286. The van der Waals surface area contributed by atoms with Gasteiger partial charge in [-0.2, -0.15) is 0 Å². The summed E-state index contributed by atoms with van der Waals surface area (Å²) in [5.74, 6) is -0.0170. The van der Waals surface area contributed by atoms with Crippen molar-refractivity contribution in [3.8, 4) is 5.69 Å². The molecule has 0 radical (unpaired) electrons. The lowest BCUT2D eigenvalue weighted by Crippen LogP contribution is -2.06. The van der Waals surface area contributed by atoms with Crippen LogP contribution in [-0.2, 0) is 11.2 Å². The molecule has 4 nitrogen and oxygen atoms in total. The molecule has 0 bridgehead atoms. The van der Waals surface area contributed by atoms with Crippen molar-refractivity contribution < 1.29 is 9.90 Å². The Labute approximate surface area is 106 Å². The van der Waals surface area contributed by atoms with Gasteiger partial charge < -0.3 is 9.67 Å². The van der Waals surface area contributed by atoms with Crippen LogP contribution in [0.5, 0.6) is 0 Å². The summed E-state index contributed by atoms with van der Waals surface area (Å²) < 4.78 is 1.96. The highest BCUT2D eigenvalue weighted by Gasteiger charge is 2.09. The number of rotatable bonds is 4. The van der Waals surface area contributed by atoms with Gasteiger partial charge in [-0.1, -0.05) is 12.1 Å². The van der Waals surface area contributed by atoms with Crippen molar-refractivity contribution in [2.75, 3.05) is 0 Å². The van der Waals surface area contributed by atoms with E-state index < -0.39 is 5.97 Å². The van der Waals surface area contributed by atoms with E-state index in [1.807, 2.05) is 24.6 Å². The van der Waals surface area contributed by atoms with E-state index in [0.717, 1.165) is 17.1 Å². The molecule has 0 unspecified atom stereocenters. The summed E-state index contributed by atoms with van der Waals surface area (Å²) in [6.45, 7) is 4.08. The molecule has 1 heterocycles. The topological polar surface area (TPSA) is 55.1 Å². The van der Waals surface area contributed by atoms with Crippen molar-refractivity contribution in [2.24, 2.45) is 0 Å². The second-order valence-corrected chi connectivity index (χ2v) is 4.40. The molecular formula is C14H16N2O2. The number of carbonyl (C=O) groups is 1. The highest BCUT2D eigenvalue weighted by molar-refractivity contribution is 5.66. The third kappa shape index (κ3) is 2.59. The van der Waals surface area contributed by atoms with Crippen LogP contribution in [0, 0.1) is 13.8 Å². The third-order valence-corrected chi connectivity index (χ3v) is 2.90. The van der Waals surface area contributed by atoms with E-state index in [9.17, 15) is 4.79 Å². The molecule has 2 rings (SSSR count). The minimum Gasteiger partial charge on any atom is -0.481 e. The predicted octanol–water partition coefficient (Wildman–Crippen LogP) is 2.51. The highest BCUT2D eigenvalue weighted by atomic mass is 16.4. The Morgan fingerprint density at radius 3 is 2.89 bits per heavy atom. The highest BCUT2D eigenvalue weighted by Crippen LogP contribution is 2.18. The molecule has 1 aromatic carbocycles. The van der Waals surface area contributed by atoms with Crippen molar-refractivity contribution >= 4 is 5.97 Å². The van der Waals surface area contributed by atoms with Crippen LogP contribution in [0.15, 0.2) is 30.6 Å². The summed E-state index contributed by atoms with van der Waals surface area (Å²) >= 11 is 0. The first kappa shape index (κ1) is 12.4. The molecule has 1 N–H and O–H groups in total. The lowest BCUT2D eigenvalue weighted by atomic mass is 10.1. The minimum atomic E-state index is -0.800. The van der Waals surface area contributed by atoms with Crippen LogP contribution in [0.25, 0.3) is 5.69 Å². The van der Waals surface area contributed by atoms with E-state index in [1.54, 1.807) is 6.20 Å². The third-order valence-electron chi connectivity index (χ3n) is 2.90. The fourth-order valence-corrected chi connectivity index (χ4v) is 1.94. The number of aliphatic carboxylic acids is 1. The first-order valence-corrected chi connectivity index (χ1v) is 5.89. The molecule has 0 aliphatic carbocycles. The minimum absolute atomic E-state index is 0.0991. The van der Waals surface area contributed by atoms with E-state index in [1.165, 1.54) is 5.56 Å². The average Bonchev–Trinajstić information content (AvgIpc) is 2.77. The largest absolute Gasteiger partial charge is 0.481 e. The summed E-state index contributed by atoms with van der Waals surface area (Å²) in [6, 6.07) is 6.21. The maximum Gasteiger partial charge on any atom is 0.303 e. The van der Waals surface area contributed by atoms with Gasteiger partial charge in [-0.3, -0.25) is 4.79 Å². The van der Waals surface area contributed by atoms with Crippen LogP contribution in [-0.4, -0.2) is 20.6 Å². The van der Waals surface area contributed by atoms with E-state index in [-0.39, 0.29) is 6.42 Å². The lowest BCUT2D eigenvalue weighted by molar-refractivity contribution is -0.137. The Hall–Kier alpha value is -2.10. The maximum absolute atomic E-state index is 10.6. The van der Waals surface area contributed by atoms with E-state index >= 15 is 0 Å². The molecule has 0 aliphatic rings. The van der Waals surface area contributed by atoms with Gasteiger partial charge in [-0.05, 0) is 31.0 Å². The van der Waals surface area contributed by atoms with Gasteiger partial charge in [-0.25, -0.2) is 4.98 Å². The van der Waals surface area contributed by atoms with Gasteiger partial charge in [0, 0.05) is 24.5 Å². The normalized spacial score (nSPS) is 10.6. The molecule has 94 valence electrons. The van der Waals surface area contributed by atoms with Gasteiger partial charge >= 0.3 is 5.97 Å². The van der Waals surface area contributed by atoms with Gasteiger partial charge in [0.05, 0.1) is 6.42 Å². The number of carboxylic acids is 1. The number of nitrogens with zero attached hydrogens (tertiary/aromatic N) is 2. The van der Waals surface area contributed by atoms with Crippen molar-refractivity contribution in [1.29, 1.82) is 0 Å². The van der Waals surface area contributed by atoms with Crippen LogP contribution in [0.4, 0.5) is 0 Å². The SMILES string of the molecule is Cc1ccc(C)c(-n2ccnc2CCC(=O)O)c1. The summed E-state index contributed by atoms with van der Waals surface area (Å²) in [5, 5.41) is 8.74. The Morgan fingerprint density at radius 1 is 1.39 bits per heavy atom. The maximum atomic E-state index is 10.6. The Bertz CT molecular complexity index is 573. The van der Waals surface area contributed by atoms with Gasteiger partial charge in [0.25, 0.3) is 0 Å². The summed E-state index contributed by atoms with van der Waals surface area (Å²) in [4.78, 5) is 14.9. The molecule has 0 aliphatic heterocycles. The second-order valence-electron chi connectivity index (χ2n) is 4.40. The first-order chi connectivity index (χ1) is 8.58. The second kappa shape index (κ2) is 5.04. The first-order valence-electron chi connectivity index (χ1n) is 5.89. The molecule has 18 heavy (non-hydrogen) atoms. The van der Waals surface area contributed by atoms with Crippen LogP contribution in [0.2, 0.25) is 0 Å². The molecular weight excluding hydrogens is 228 g/mol. The zero-order valence-electron chi connectivity index (χ0n) is 10.6. The monoisotopic (exact) mass is 244 g/mol. The molecule has 0 fully saturated rings. The summed E-state index contributed by atoms with van der Waals surface area (Å²) in [5.41, 5.74) is 3.39. The van der Waals surface area contributed by atoms with Gasteiger partial charge in [0.15, 0.2) is 0 Å². The summed E-state index contributed by atoms with van der Waals surface area (Å²) in [6.07, 6.45) is 4.12. The van der Waals surface area contributed by atoms with Crippen molar-refractivity contribution in [1.82, 2.24) is 9.55 Å². The van der Waals surface area contributed by atoms with E-state index in [2.05, 4.69) is 23.2 Å². The van der Waals surface area contributed by atoms with Crippen LogP contribution >= 0.6 is 0 Å². The van der Waals surface area contributed by atoms with Crippen molar-refractivity contribution in [3.63, 3.8) is 0 Å². The summed E-state index contributed by atoms with van der Waals surface area (Å²) in [7, 11) is 0. The smallest absolute Gasteiger partial charge is 0.303 e. The van der Waals surface area contributed by atoms with Crippen molar-refractivity contribution in [2.45, 2.75) is 26.7 Å². The number of benzene rings is 1. The lowest BCUT2D eigenvalue weighted by Gasteiger charge is -2.11. The van der Waals surface area contributed by atoms with Gasteiger partial charge in [-0.15, -0.1) is 0 Å². The van der Waals surface area contributed by atoms with E-state index in [0.29, 0.717) is 6.42 Å². The predicted molar refractivity (Wildman–Crippen MR) is 69.0 cm³/mol. The standard InChI is InChI=1S/C14H16N2O2/c1-10-3-4-11(2)12(9-10)16-8-7-15-13(16)5-6-14(17)18/h3-4,7-9H,5-6H2,1-2H3,(H,17,18). The molecule has 0 atom stereocenters. The molecule has 0 amide bonds. The number of hydrogen-bond donors (Lipinski definition) is 1. The number of aromatic nitrogens is 2.